The molecule has 1 aliphatic rings. The maximum absolute atomic E-state index is 13.8. The van der Waals surface area contributed by atoms with Crippen LogP contribution in [0.15, 0.2) is 48.9 Å². The van der Waals surface area contributed by atoms with E-state index in [1.165, 1.54) is 17.1 Å². The van der Waals surface area contributed by atoms with Crippen molar-refractivity contribution in [1.82, 2.24) is 34.7 Å². The van der Waals surface area contributed by atoms with Crippen LogP contribution in [0.4, 0.5) is 10.1 Å². The summed E-state index contributed by atoms with van der Waals surface area (Å²) in [5.41, 5.74) is 2.36. The molecule has 0 unspecified atom stereocenters. The van der Waals surface area contributed by atoms with Gasteiger partial charge in [0.05, 0.1) is 23.5 Å². The van der Waals surface area contributed by atoms with E-state index in [1.807, 2.05) is 32.0 Å². The molecule has 31 heavy (non-hydrogen) atoms. The van der Waals surface area contributed by atoms with Gasteiger partial charge in [0, 0.05) is 30.6 Å². The van der Waals surface area contributed by atoms with Crippen LogP contribution >= 0.6 is 0 Å². The van der Waals surface area contributed by atoms with E-state index in [1.54, 1.807) is 35.1 Å². The zero-order valence-corrected chi connectivity index (χ0v) is 17.2. The van der Waals surface area contributed by atoms with E-state index in [0.29, 0.717) is 17.3 Å². The highest BCUT2D eigenvalue weighted by atomic mass is 19.1. The molecular formula is C21H19FN8O. The summed E-state index contributed by atoms with van der Waals surface area (Å²) in [6.07, 6.45) is 4.53. The zero-order chi connectivity index (χ0) is 21.8. The van der Waals surface area contributed by atoms with Gasteiger partial charge in [-0.1, -0.05) is 0 Å². The lowest BCUT2D eigenvalue weighted by atomic mass is 9.85. The van der Waals surface area contributed by atoms with E-state index in [9.17, 15) is 9.18 Å². The molecule has 0 atom stereocenters. The Bertz CT molecular complexity index is 1290. The lowest BCUT2D eigenvalue weighted by Gasteiger charge is -2.16. The van der Waals surface area contributed by atoms with E-state index >= 15 is 0 Å². The first-order valence-electron chi connectivity index (χ1n) is 9.69. The smallest absolute Gasteiger partial charge is 0.236 e. The second-order valence-corrected chi connectivity index (χ2v) is 7.88. The van der Waals surface area contributed by atoms with Gasteiger partial charge in [0.1, 0.15) is 6.54 Å². The van der Waals surface area contributed by atoms with E-state index in [2.05, 4.69) is 25.3 Å². The van der Waals surface area contributed by atoms with Crippen molar-refractivity contribution in [2.75, 3.05) is 11.9 Å². The number of rotatable bonds is 4. The number of carbonyl (C=O) groups excluding carboxylic acids is 1. The average Bonchev–Trinajstić information content (AvgIpc) is 3.45. The molecule has 4 heterocycles. The number of likely N-dealkylation sites (N-methyl/N-ethyl adjacent to an activating group) is 1. The fourth-order valence-electron chi connectivity index (χ4n) is 3.88. The van der Waals surface area contributed by atoms with Gasteiger partial charge in [0.15, 0.2) is 11.6 Å². The van der Waals surface area contributed by atoms with E-state index in [-0.39, 0.29) is 12.5 Å². The fraction of sp³-hybridized carbons (Fsp3) is 0.238. The third-order valence-corrected chi connectivity index (χ3v) is 5.48. The first-order chi connectivity index (χ1) is 14.8. The third kappa shape index (κ3) is 3.07. The molecule has 9 nitrogen and oxygen atoms in total. The molecule has 0 N–H and O–H groups in total. The average molecular weight is 418 g/mol. The second-order valence-electron chi connectivity index (χ2n) is 7.88. The van der Waals surface area contributed by atoms with Gasteiger partial charge in [-0.3, -0.25) is 4.79 Å². The Balaban J connectivity index is 1.66. The standard InChI is InChI=1S/C21H19FN8O/c1-21(2)15-10-13(4-5-16(15)28(3)20(21)31)19-26-18(12-29-24-8-9-25-29)27-30(19)14-6-7-23-17(22)11-14/h4-11H,12H2,1-3H3. The van der Waals surface area contributed by atoms with Crippen molar-refractivity contribution < 1.29 is 9.18 Å². The first kappa shape index (κ1) is 19.0. The highest BCUT2D eigenvalue weighted by Gasteiger charge is 2.42. The topological polar surface area (TPSA) is 94.6 Å². The molecule has 4 aromatic rings. The molecule has 10 heteroatoms. The van der Waals surface area contributed by atoms with Crippen LogP contribution in [0.2, 0.25) is 0 Å². The van der Waals surface area contributed by atoms with Crippen molar-refractivity contribution in [2.24, 2.45) is 0 Å². The third-order valence-electron chi connectivity index (χ3n) is 5.48. The number of amides is 1. The number of nitrogens with zero attached hydrogens (tertiary/aromatic N) is 8. The monoisotopic (exact) mass is 418 g/mol. The van der Waals surface area contributed by atoms with Crippen molar-refractivity contribution in [3.63, 3.8) is 0 Å². The minimum absolute atomic E-state index is 0.0303. The van der Waals surface area contributed by atoms with Gasteiger partial charge in [-0.25, -0.2) is 14.6 Å². The molecule has 5 rings (SSSR count). The van der Waals surface area contributed by atoms with Crippen molar-refractivity contribution in [3.8, 4) is 17.1 Å². The van der Waals surface area contributed by atoms with E-state index in [0.717, 1.165) is 16.8 Å². The van der Waals surface area contributed by atoms with Crippen LogP contribution in [0, 0.1) is 5.95 Å². The lowest BCUT2D eigenvalue weighted by molar-refractivity contribution is -0.121. The maximum Gasteiger partial charge on any atom is 0.236 e. The van der Waals surface area contributed by atoms with Crippen molar-refractivity contribution in [3.05, 3.63) is 66.3 Å². The number of halogens is 1. The van der Waals surface area contributed by atoms with Crippen molar-refractivity contribution in [1.29, 1.82) is 0 Å². The number of fused-ring (bicyclic) bond motifs is 1. The summed E-state index contributed by atoms with van der Waals surface area (Å²) in [5, 5.41) is 12.8. The molecule has 0 saturated heterocycles. The fourth-order valence-corrected chi connectivity index (χ4v) is 3.88. The van der Waals surface area contributed by atoms with Crippen LogP contribution in [-0.4, -0.2) is 47.7 Å². The minimum Gasteiger partial charge on any atom is -0.314 e. The molecule has 3 aromatic heterocycles. The molecule has 0 radical (unpaired) electrons. The van der Waals surface area contributed by atoms with Crippen LogP contribution in [0.5, 0.6) is 0 Å². The molecule has 156 valence electrons. The normalized spacial score (nSPS) is 14.8. The molecule has 1 aliphatic heterocycles. The molecule has 0 fully saturated rings. The molecule has 0 spiro atoms. The Morgan fingerprint density at radius 2 is 1.84 bits per heavy atom. The van der Waals surface area contributed by atoms with Crippen LogP contribution < -0.4 is 4.90 Å². The van der Waals surface area contributed by atoms with Gasteiger partial charge in [0.25, 0.3) is 0 Å². The molecule has 0 aliphatic carbocycles. The number of pyridine rings is 1. The van der Waals surface area contributed by atoms with Crippen LogP contribution in [0.3, 0.4) is 0 Å². The van der Waals surface area contributed by atoms with Gasteiger partial charge in [-0.05, 0) is 43.7 Å². The summed E-state index contributed by atoms with van der Waals surface area (Å²) in [7, 11) is 1.77. The summed E-state index contributed by atoms with van der Waals surface area (Å²) < 4.78 is 15.4. The van der Waals surface area contributed by atoms with Crippen molar-refractivity contribution >= 4 is 11.6 Å². The molecule has 0 bridgehead atoms. The molecule has 1 aromatic carbocycles. The Labute approximate surface area is 177 Å². The highest BCUT2D eigenvalue weighted by Crippen LogP contribution is 2.42. The Hall–Kier alpha value is -3.95. The van der Waals surface area contributed by atoms with E-state index in [4.69, 9.17) is 0 Å². The number of hydrogen-bond donors (Lipinski definition) is 0. The van der Waals surface area contributed by atoms with Crippen molar-refractivity contribution in [2.45, 2.75) is 25.8 Å². The van der Waals surface area contributed by atoms with Crippen LogP contribution in [0.1, 0.15) is 25.2 Å². The molecule has 1 amide bonds. The summed E-state index contributed by atoms with van der Waals surface area (Å²) in [6, 6.07) is 8.69. The van der Waals surface area contributed by atoms with E-state index < -0.39 is 11.4 Å². The SMILES string of the molecule is CN1C(=O)C(C)(C)c2cc(-c3nc(Cn4nccn4)nn3-c3ccnc(F)c3)ccc21. The largest absolute Gasteiger partial charge is 0.314 e. The number of carbonyl (C=O) groups is 1. The van der Waals surface area contributed by atoms with Crippen LogP contribution in [-0.2, 0) is 16.8 Å². The zero-order valence-electron chi connectivity index (χ0n) is 17.2. The quantitative estimate of drug-likeness (QED) is 0.472. The Morgan fingerprint density at radius 3 is 2.58 bits per heavy atom. The minimum atomic E-state index is -0.657. The van der Waals surface area contributed by atoms with Gasteiger partial charge >= 0.3 is 0 Å². The number of benzene rings is 1. The first-order valence-corrected chi connectivity index (χ1v) is 9.69. The Morgan fingerprint density at radius 1 is 1.06 bits per heavy atom. The predicted molar refractivity (Wildman–Crippen MR) is 110 cm³/mol. The number of anilines is 1. The van der Waals surface area contributed by atoms with Gasteiger partial charge < -0.3 is 4.90 Å². The molecular weight excluding hydrogens is 399 g/mol. The maximum atomic E-state index is 13.8. The summed E-state index contributed by atoms with van der Waals surface area (Å²) in [5.74, 6) is 0.407. The summed E-state index contributed by atoms with van der Waals surface area (Å²) in [4.78, 5) is 24.1. The van der Waals surface area contributed by atoms with Gasteiger partial charge in [-0.15, -0.1) is 5.10 Å². The summed E-state index contributed by atoms with van der Waals surface area (Å²) >= 11 is 0. The molecule has 0 saturated carbocycles. The lowest BCUT2D eigenvalue weighted by Crippen LogP contribution is -2.33. The predicted octanol–water partition coefficient (Wildman–Crippen LogP) is 2.36. The highest BCUT2D eigenvalue weighted by molar-refractivity contribution is 6.07. The Kier molecular flexibility index (Phi) is 4.17. The van der Waals surface area contributed by atoms with Crippen LogP contribution in [0.25, 0.3) is 17.1 Å². The van der Waals surface area contributed by atoms with Gasteiger partial charge in [0.2, 0.25) is 11.9 Å². The number of aromatic nitrogens is 7. The summed E-state index contributed by atoms with van der Waals surface area (Å²) in [6.45, 7) is 4.07. The second kappa shape index (κ2) is 6.79. The number of hydrogen-bond acceptors (Lipinski definition) is 6. The van der Waals surface area contributed by atoms with Gasteiger partial charge in [-0.2, -0.15) is 19.4 Å².